The summed E-state index contributed by atoms with van der Waals surface area (Å²) in [5.74, 6) is -0.535. The Morgan fingerprint density at radius 1 is 0.976 bits per heavy atom. The van der Waals surface area contributed by atoms with E-state index in [1.54, 1.807) is 25.1 Å². The molecule has 0 radical (unpaired) electrons. The molecular weight excluding hydrogens is 562 g/mol. The highest BCUT2D eigenvalue weighted by Crippen LogP contribution is 2.32. The van der Waals surface area contributed by atoms with Gasteiger partial charge in [0.25, 0.3) is 10.0 Å². The number of halogens is 1. The minimum Gasteiger partial charge on any atom is -0.495 e. The lowest BCUT2D eigenvalue weighted by molar-refractivity contribution is -0.140. The molecular formula is C31H38ClN3O5S. The molecule has 0 saturated heterocycles. The fourth-order valence-corrected chi connectivity index (χ4v) is 5.90. The van der Waals surface area contributed by atoms with Gasteiger partial charge in [-0.25, -0.2) is 8.42 Å². The Kier molecular flexibility index (Phi) is 10.1. The number of sulfonamides is 1. The van der Waals surface area contributed by atoms with Gasteiger partial charge in [-0.1, -0.05) is 59.1 Å². The van der Waals surface area contributed by atoms with Crippen LogP contribution in [-0.4, -0.2) is 50.4 Å². The summed E-state index contributed by atoms with van der Waals surface area (Å²) in [4.78, 5) is 28.7. The lowest BCUT2D eigenvalue weighted by Crippen LogP contribution is -2.54. The third kappa shape index (κ3) is 8.24. The van der Waals surface area contributed by atoms with Crippen LogP contribution in [-0.2, 0) is 26.2 Å². The monoisotopic (exact) mass is 599 g/mol. The van der Waals surface area contributed by atoms with Crippen molar-refractivity contribution in [2.75, 3.05) is 18.0 Å². The highest BCUT2D eigenvalue weighted by molar-refractivity contribution is 7.92. The molecule has 0 aliphatic heterocycles. The molecule has 3 aromatic rings. The Morgan fingerprint density at radius 3 is 2.20 bits per heavy atom. The minimum absolute atomic E-state index is 0.0200. The molecule has 1 atom stereocenters. The van der Waals surface area contributed by atoms with Crippen LogP contribution < -0.4 is 14.4 Å². The molecule has 3 aromatic carbocycles. The number of ether oxygens (including phenoxy) is 1. The zero-order valence-corrected chi connectivity index (χ0v) is 26.1. The van der Waals surface area contributed by atoms with Crippen LogP contribution in [0.3, 0.4) is 0 Å². The molecule has 0 heterocycles. The number of rotatable bonds is 10. The van der Waals surface area contributed by atoms with E-state index >= 15 is 0 Å². The Balaban J connectivity index is 2.08. The van der Waals surface area contributed by atoms with E-state index in [9.17, 15) is 18.0 Å². The average molecular weight is 600 g/mol. The highest BCUT2D eigenvalue weighted by Gasteiger charge is 2.33. The molecule has 0 spiro atoms. The number of nitrogens with zero attached hydrogens (tertiary/aromatic N) is 2. The molecule has 8 nitrogen and oxygen atoms in total. The van der Waals surface area contributed by atoms with Crippen LogP contribution in [0.25, 0.3) is 0 Å². The van der Waals surface area contributed by atoms with Gasteiger partial charge in [0.15, 0.2) is 0 Å². The normalized spacial score (nSPS) is 12.4. The van der Waals surface area contributed by atoms with Gasteiger partial charge in [0.2, 0.25) is 11.8 Å². The first-order valence-corrected chi connectivity index (χ1v) is 15.0. The maximum Gasteiger partial charge on any atom is 0.264 e. The first-order valence-electron chi connectivity index (χ1n) is 13.2. The predicted octanol–water partition coefficient (Wildman–Crippen LogP) is 5.49. The highest BCUT2D eigenvalue weighted by atomic mass is 35.5. The van der Waals surface area contributed by atoms with Gasteiger partial charge in [0, 0.05) is 12.1 Å². The molecule has 10 heteroatoms. The first-order chi connectivity index (χ1) is 19.1. The molecule has 2 amide bonds. The van der Waals surface area contributed by atoms with E-state index in [1.807, 2.05) is 58.9 Å². The molecule has 3 rings (SSSR count). The first kappa shape index (κ1) is 32.0. The predicted molar refractivity (Wildman–Crippen MR) is 163 cm³/mol. The number of carbonyl (C=O) groups excluding carboxylic acids is 2. The largest absolute Gasteiger partial charge is 0.495 e. The summed E-state index contributed by atoms with van der Waals surface area (Å²) in [5, 5.41) is 3.11. The topological polar surface area (TPSA) is 96.0 Å². The van der Waals surface area contributed by atoms with E-state index in [-0.39, 0.29) is 28.1 Å². The van der Waals surface area contributed by atoms with Gasteiger partial charge in [-0.2, -0.15) is 0 Å². The molecule has 41 heavy (non-hydrogen) atoms. The molecule has 0 bridgehead atoms. The minimum atomic E-state index is -4.20. The average Bonchev–Trinajstić information content (AvgIpc) is 2.89. The standard InChI is InChI=1S/C31H38ClN3O5S/c1-21-11-14-26(15-12-21)41(38,39)35(25-13-16-28(40-7)27(32)18-25)20-29(36)34(19-24-10-8-9-22(2)17-24)23(3)30(37)33-31(4,5)6/h8-18,23H,19-20H2,1-7H3,(H,33,37). The summed E-state index contributed by atoms with van der Waals surface area (Å²) in [6.45, 7) is 10.6. The number of hydrogen-bond donors (Lipinski definition) is 1. The number of anilines is 1. The van der Waals surface area contributed by atoms with Crippen molar-refractivity contribution >= 4 is 39.1 Å². The van der Waals surface area contributed by atoms with Gasteiger partial charge in [0.05, 0.1) is 22.7 Å². The number of aryl methyl sites for hydroxylation is 2. The van der Waals surface area contributed by atoms with Gasteiger partial charge in [-0.05, 0) is 77.4 Å². The van der Waals surface area contributed by atoms with Crippen LogP contribution in [0.5, 0.6) is 5.75 Å². The summed E-state index contributed by atoms with van der Waals surface area (Å²) >= 11 is 6.37. The van der Waals surface area contributed by atoms with Crippen molar-refractivity contribution in [3.63, 3.8) is 0 Å². The van der Waals surface area contributed by atoms with Crippen molar-refractivity contribution in [1.29, 1.82) is 0 Å². The molecule has 1 unspecified atom stereocenters. The summed E-state index contributed by atoms with van der Waals surface area (Å²) < 4.78 is 34.2. The van der Waals surface area contributed by atoms with E-state index in [2.05, 4.69) is 5.32 Å². The number of nitrogens with one attached hydrogen (secondary N) is 1. The van der Waals surface area contributed by atoms with Gasteiger partial charge in [0.1, 0.15) is 18.3 Å². The van der Waals surface area contributed by atoms with E-state index in [1.165, 1.54) is 36.3 Å². The molecule has 0 aromatic heterocycles. The Morgan fingerprint density at radius 2 is 1.63 bits per heavy atom. The van der Waals surface area contributed by atoms with Crippen molar-refractivity contribution in [3.05, 3.63) is 88.4 Å². The molecule has 0 fully saturated rings. The maximum absolute atomic E-state index is 14.1. The SMILES string of the molecule is COc1ccc(N(CC(=O)N(Cc2cccc(C)c2)C(C)C(=O)NC(C)(C)C)S(=O)(=O)c2ccc(C)cc2)cc1Cl. The van der Waals surface area contributed by atoms with E-state index in [4.69, 9.17) is 16.3 Å². The Labute approximate surface area is 248 Å². The molecule has 1 N–H and O–H groups in total. The molecule has 220 valence electrons. The third-order valence-corrected chi connectivity index (χ3v) is 8.50. The molecule has 0 aliphatic carbocycles. The van der Waals surface area contributed by atoms with E-state index < -0.39 is 34.1 Å². The second kappa shape index (κ2) is 13.0. The van der Waals surface area contributed by atoms with E-state index in [0.29, 0.717) is 5.75 Å². The third-order valence-electron chi connectivity index (χ3n) is 6.41. The summed E-state index contributed by atoms with van der Waals surface area (Å²) in [6.07, 6.45) is 0. The molecule has 0 aliphatic rings. The van der Waals surface area contributed by atoms with Crippen LogP contribution >= 0.6 is 11.6 Å². The van der Waals surface area contributed by atoms with Crippen LogP contribution in [0.1, 0.15) is 44.4 Å². The Hall–Kier alpha value is -3.56. The number of carbonyl (C=O) groups is 2. The number of amides is 2. The van der Waals surface area contributed by atoms with Crippen LogP contribution in [0.15, 0.2) is 71.6 Å². The molecule has 0 saturated carbocycles. The zero-order chi connectivity index (χ0) is 30.5. The van der Waals surface area contributed by atoms with Crippen molar-refractivity contribution in [2.24, 2.45) is 0 Å². The second-order valence-corrected chi connectivity index (χ2v) is 13.3. The van der Waals surface area contributed by atoms with Crippen molar-refractivity contribution < 1.29 is 22.7 Å². The second-order valence-electron chi connectivity index (χ2n) is 11.1. The summed E-state index contributed by atoms with van der Waals surface area (Å²) in [7, 11) is -2.75. The van der Waals surface area contributed by atoms with Crippen LogP contribution in [0.4, 0.5) is 5.69 Å². The number of hydrogen-bond acceptors (Lipinski definition) is 5. The summed E-state index contributed by atoms with van der Waals surface area (Å²) in [6, 6.07) is 17.6. The van der Waals surface area contributed by atoms with Gasteiger partial charge in [-0.15, -0.1) is 0 Å². The van der Waals surface area contributed by atoms with Crippen molar-refractivity contribution in [1.82, 2.24) is 10.2 Å². The van der Waals surface area contributed by atoms with Crippen LogP contribution in [0, 0.1) is 13.8 Å². The maximum atomic E-state index is 14.1. The summed E-state index contributed by atoms with van der Waals surface area (Å²) in [5.41, 5.74) is 2.37. The Bertz CT molecular complexity index is 1500. The van der Waals surface area contributed by atoms with E-state index in [0.717, 1.165) is 21.0 Å². The lowest BCUT2D eigenvalue weighted by atomic mass is 10.1. The van der Waals surface area contributed by atoms with Crippen molar-refractivity contribution in [2.45, 2.75) is 64.6 Å². The van der Waals surface area contributed by atoms with Crippen LogP contribution in [0.2, 0.25) is 5.02 Å². The van der Waals surface area contributed by atoms with Gasteiger partial charge >= 0.3 is 0 Å². The quantitative estimate of drug-likeness (QED) is 0.332. The van der Waals surface area contributed by atoms with Gasteiger partial charge < -0.3 is 15.0 Å². The fourth-order valence-electron chi connectivity index (χ4n) is 4.24. The van der Waals surface area contributed by atoms with Crippen molar-refractivity contribution in [3.8, 4) is 5.75 Å². The zero-order valence-electron chi connectivity index (χ0n) is 24.6. The fraction of sp³-hybridized carbons (Fsp3) is 0.355. The van der Waals surface area contributed by atoms with Gasteiger partial charge in [-0.3, -0.25) is 13.9 Å². The number of methoxy groups -OCH3 is 1. The number of benzene rings is 3. The lowest BCUT2D eigenvalue weighted by Gasteiger charge is -2.33. The smallest absolute Gasteiger partial charge is 0.264 e.